The van der Waals surface area contributed by atoms with Crippen LogP contribution in [0.15, 0.2) is 23.9 Å². The Morgan fingerprint density at radius 2 is 2.22 bits per heavy atom. The maximum Gasteiger partial charge on any atom is 0.414 e. The van der Waals surface area contributed by atoms with Crippen molar-refractivity contribution in [2.75, 3.05) is 6.54 Å². The number of allylic oxidation sites excluding steroid dienone is 4. The van der Waals surface area contributed by atoms with E-state index in [9.17, 15) is 9.59 Å². The van der Waals surface area contributed by atoms with Gasteiger partial charge in [0.05, 0.1) is 5.41 Å². The minimum absolute atomic E-state index is 0.135. The zero-order valence-corrected chi connectivity index (χ0v) is 10.9. The van der Waals surface area contributed by atoms with E-state index in [2.05, 4.69) is 0 Å². The molecule has 0 aromatic heterocycles. The van der Waals surface area contributed by atoms with Crippen LogP contribution in [0.5, 0.6) is 0 Å². The van der Waals surface area contributed by atoms with E-state index < -0.39 is 11.0 Å². The van der Waals surface area contributed by atoms with Gasteiger partial charge in [0.1, 0.15) is 5.60 Å². The normalized spacial score (nSPS) is 32.8. The zero-order valence-electron chi connectivity index (χ0n) is 10.9. The number of nitrogens with zero attached hydrogens (tertiary/aromatic N) is 1. The Morgan fingerprint density at radius 3 is 2.89 bits per heavy atom. The highest BCUT2D eigenvalue weighted by Gasteiger charge is 2.68. The molecule has 0 radical (unpaired) electrons. The number of piperidine rings is 1. The van der Waals surface area contributed by atoms with E-state index in [1.807, 2.05) is 26.8 Å². The number of ketones is 1. The minimum Gasteiger partial charge on any atom is -0.443 e. The first-order valence-corrected chi connectivity index (χ1v) is 6.28. The van der Waals surface area contributed by atoms with Gasteiger partial charge in [-0.15, -0.1) is 0 Å². The van der Waals surface area contributed by atoms with Gasteiger partial charge < -0.3 is 4.74 Å². The second kappa shape index (κ2) is 3.25. The molecule has 3 rings (SSSR count). The molecule has 0 bridgehead atoms. The van der Waals surface area contributed by atoms with E-state index >= 15 is 0 Å². The molecule has 0 N–H and O–H groups in total. The molecule has 1 heterocycles. The number of amides is 1. The lowest BCUT2D eigenvalue weighted by molar-refractivity contribution is -0.118. The van der Waals surface area contributed by atoms with Gasteiger partial charge in [-0.3, -0.25) is 9.69 Å². The Kier molecular flexibility index (Phi) is 2.08. The Balaban J connectivity index is 1.85. The van der Waals surface area contributed by atoms with Gasteiger partial charge in [0.15, 0.2) is 5.78 Å². The first kappa shape index (κ1) is 11.5. The standard InChI is InChI=1S/C14H17NO3/c1-13(2,3)18-12(17)15-8-9-7-14(9)10(15)5-4-6-11(14)16/h4-6,9H,7-8H2,1-3H3. The van der Waals surface area contributed by atoms with Crippen molar-refractivity contribution in [3.8, 4) is 0 Å². The SMILES string of the molecule is CC(C)(C)OC(=O)N1CC2CC23C(=O)C=CC=C13. The molecule has 1 saturated heterocycles. The summed E-state index contributed by atoms with van der Waals surface area (Å²) in [5.41, 5.74) is -0.0770. The Bertz CT molecular complexity index is 498. The zero-order chi connectivity index (χ0) is 13.1. The Labute approximate surface area is 106 Å². The van der Waals surface area contributed by atoms with Crippen LogP contribution in [0.4, 0.5) is 4.79 Å². The van der Waals surface area contributed by atoms with Crippen molar-refractivity contribution < 1.29 is 14.3 Å². The molecule has 4 nitrogen and oxygen atoms in total. The fourth-order valence-electron chi connectivity index (χ4n) is 2.96. The van der Waals surface area contributed by atoms with Gasteiger partial charge in [0.25, 0.3) is 0 Å². The number of carbonyl (C=O) groups excluding carboxylic acids is 2. The molecule has 1 spiro atoms. The third kappa shape index (κ3) is 1.44. The monoisotopic (exact) mass is 247 g/mol. The van der Waals surface area contributed by atoms with Gasteiger partial charge in [-0.25, -0.2) is 4.79 Å². The summed E-state index contributed by atoms with van der Waals surface area (Å²) in [6.45, 7) is 6.14. The quantitative estimate of drug-likeness (QED) is 0.659. The van der Waals surface area contributed by atoms with Crippen LogP contribution >= 0.6 is 0 Å². The van der Waals surface area contributed by atoms with Gasteiger partial charge in [-0.05, 0) is 45.3 Å². The van der Waals surface area contributed by atoms with Crippen molar-refractivity contribution in [3.63, 3.8) is 0 Å². The van der Waals surface area contributed by atoms with E-state index in [0.29, 0.717) is 6.54 Å². The molecule has 18 heavy (non-hydrogen) atoms. The van der Waals surface area contributed by atoms with E-state index in [1.54, 1.807) is 17.1 Å². The molecule has 1 amide bonds. The van der Waals surface area contributed by atoms with Crippen LogP contribution in [-0.4, -0.2) is 28.9 Å². The third-order valence-electron chi connectivity index (χ3n) is 3.81. The summed E-state index contributed by atoms with van der Waals surface area (Å²) in [4.78, 5) is 25.7. The molecule has 2 unspecified atom stereocenters. The van der Waals surface area contributed by atoms with Crippen molar-refractivity contribution in [2.24, 2.45) is 11.3 Å². The molecule has 2 atom stereocenters. The number of carbonyl (C=O) groups is 2. The van der Waals surface area contributed by atoms with E-state index in [1.165, 1.54) is 0 Å². The molecule has 1 aliphatic heterocycles. The minimum atomic E-state index is -0.508. The van der Waals surface area contributed by atoms with E-state index in [0.717, 1.165) is 12.1 Å². The molecule has 96 valence electrons. The Morgan fingerprint density at radius 1 is 1.50 bits per heavy atom. The van der Waals surface area contributed by atoms with Gasteiger partial charge in [0, 0.05) is 12.2 Å². The number of hydrogen-bond acceptors (Lipinski definition) is 3. The highest BCUT2D eigenvalue weighted by atomic mass is 16.6. The molecule has 2 aliphatic carbocycles. The summed E-state index contributed by atoms with van der Waals surface area (Å²) in [7, 11) is 0. The second-order valence-electron chi connectivity index (χ2n) is 6.24. The predicted octanol–water partition coefficient (Wildman–Crippen LogP) is 2.27. The highest BCUT2D eigenvalue weighted by molar-refractivity contribution is 6.02. The van der Waals surface area contributed by atoms with Crippen molar-refractivity contribution in [1.82, 2.24) is 4.90 Å². The maximum absolute atomic E-state index is 12.1. The van der Waals surface area contributed by atoms with Gasteiger partial charge in [-0.2, -0.15) is 0 Å². The van der Waals surface area contributed by atoms with Gasteiger partial charge in [-0.1, -0.05) is 6.08 Å². The molecular formula is C14H17NO3. The van der Waals surface area contributed by atoms with Gasteiger partial charge >= 0.3 is 6.09 Å². The summed E-state index contributed by atoms with van der Waals surface area (Å²) in [6, 6.07) is 0. The van der Waals surface area contributed by atoms with Crippen molar-refractivity contribution in [3.05, 3.63) is 23.9 Å². The van der Waals surface area contributed by atoms with Crippen molar-refractivity contribution in [2.45, 2.75) is 32.8 Å². The van der Waals surface area contributed by atoms with Crippen LogP contribution in [0.25, 0.3) is 0 Å². The summed E-state index contributed by atoms with van der Waals surface area (Å²) in [6.07, 6.45) is 5.74. The van der Waals surface area contributed by atoms with Crippen molar-refractivity contribution in [1.29, 1.82) is 0 Å². The summed E-state index contributed by atoms with van der Waals surface area (Å²) < 4.78 is 5.38. The molecule has 1 saturated carbocycles. The first-order chi connectivity index (χ1) is 8.34. The predicted molar refractivity (Wildman–Crippen MR) is 65.7 cm³/mol. The van der Waals surface area contributed by atoms with Crippen LogP contribution in [0.1, 0.15) is 27.2 Å². The first-order valence-electron chi connectivity index (χ1n) is 6.28. The van der Waals surface area contributed by atoms with Crippen LogP contribution in [0, 0.1) is 11.3 Å². The number of ether oxygens (including phenoxy) is 1. The molecule has 2 fully saturated rings. The number of rotatable bonds is 0. The number of hydrogen-bond donors (Lipinski definition) is 0. The lowest BCUT2D eigenvalue weighted by Crippen LogP contribution is -2.37. The van der Waals surface area contributed by atoms with Crippen LogP contribution < -0.4 is 0 Å². The fourth-order valence-corrected chi connectivity index (χ4v) is 2.96. The molecule has 4 heteroatoms. The Hall–Kier alpha value is -1.58. The molecule has 0 aromatic carbocycles. The smallest absolute Gasteiger partial charge is 0.414 e. The molecule has 3 aliphatic rings. The second-order valence-corrected chi connectivity index (χ2v) is 6.24. The van der Waals surface area contributed by atoms with Gasteiger partial charge in [0.2, 0.25) is 0 Å². The average molecular weight is 247 g/mol. The highest BCUT2D eigenvalue weighted by Crippen LogP contribution is 2.65. The topological polar surface area (TPSA) is 46.6 Å². The fraction of sp³-hybridized carbons (Fsp3) is 0.571. The van der Waals surface area contributed by atoms with Crippen LogP contribution in [-0.2, 0) is 9.53 Å². The van der Waals surface area contributed by atoms with Crippen LogP contribution in [0.2, 0.25) is 0 Å². The molecular weight excluding hydrogens is 230 g/mol. The average Bonchev–Trinajstić information content (AvgIpc) is 2.85. The lowest BCUT2D eigenvalue weighted by Gasteiger charge is -2.28. The summed E-state index contributed by atoms with van der Waals surface area (Å²) in [5.74, 6) is 0.421. The van der Waals surface area contributed by atoms with Crippen LogP contribution in [0.3, 0.4) is 0 Å². The largest absolute Gasteiger partial charge is 0.443 e. The number of likely N-dealkylation sites (tertiary alicyclic amines) is 1. The summed E-state index contributed by atoms with van der Waals surface area (Å²) in [5, 5.41) is 0. The third-order valence-corrected chi connectivity index (χ3v) is 3.81. The summed E-state index contributed by atoms with van der Waals surface area (Å²) >= 11 is 0. The molecule has 0 aromatic rings. The van der Waals surface area contributed by atoms with Crippen molar-refractivity contribution >= 4 is 11.9 Å². The van der Waals surface area contributed by atoms with E-state index in [4.69, 9.17) is 4.74 Å². The lowest BCUT2D eigenvalue weighted by atomic mass is 9.92. The maximum atomic E-state index is 12.1. The van der Waals surface area contributed by atoms with E-state index in [-0.39, 0.29) is 17.8 Å².